The Morgan fingerprint density at radius 1 is 1.02 bits per heavy atom. The molecule has 0 saturated heterocycles. The van der Waals surface area contributed by atoms with Crippen LogP contribution in [0, 0.1) is 5.92 Å². The van der Waals surface area contributed by atoms with Crippen molar-refractivity contribution in [1.82, 2.24) is 4.57 Å². The zero-order valence-corrected chi connectivity index (χ0v) is 28.1. The van der Waals surface area contributed by atoms with Crippen LogP contribution in [-0.2, 0) is 53.0 Å². The van der Waals surface area contributed by atoms with Crippen LogP contribution in [0.1, 0.15) is 65.3 Å². The summed E-state index contributed by atoms with van der Waals surface area (Å²) >= 11 is 2.37. The van der Waals surface area contributed by atoms with Gasteiger partial charge in [0.05, 0.1) is 41.2 Å². The highest BCUT2D eigenvalue weighted by Crippen LogP contribution is 2.40. The van der Waals surface area contributed by atoms with E-state index in [1.54, 1.807) is 36.6 Å². The first-order valence-electron chi connectivity index (χ1n) is 14.7. The van der Waals surface area contributed by atoms with E-state index in [0.29, 0.717) is 47.9 Å². The summed E-state index contributed by atoms with van der Waals surface area (Å²) in [4.78, 5) is 56.1. The molecule has 0 radical (unpaired) electrons. The van der Waals surface area contributed by atoms with Gasteiger partial charge in [0.15, 0.2) is 14.6 Å². The fraction of sp³-hybridized carbons (Fsp3) is 0.500. The number of sulfone groups is 1. The van der Waals surface area contributed by atoms with Gasteiger partial charge < -0.3 is 24.1 Å². The maximum atomic E-state index is 12.9. The third-order valence-corrected chi connectivity index (χ3v) is 10.6. The first-order chi connectivity index (χ1) is 21.5. The van der Waals surface area contributed by atoms with Gasteiger partial charge >= 0.3 is 11.9 Å². The number of nitrogens with zero attached hydrogens (tertiary/aromatic N) is 2. The monoisotopic (exact) mass is 679 g/mol. The van der Waals surface area contributed by atoms with Crippen LogP contribution in [0.15, 0.2) is 23.2 Å². The summed E-state index contributed by atoms with van der Waals surface area (Å²) in [6, 6.07) is 4.95. The van der Waals surface area contributed by atoms with E-state index in [2.05, 4.69) is 17.2 Å². The normalized spacial score (nSPS) is 15.1. The fourth-order valence-corrected chi connectivity index (χ4v) is 8.56. The molecule has 0 saturated carbocycles. The van der Waals surface area contributed by atoms with Crippen LogP contribution in [0.4, 0.5) is 5.00 Å². The Kier molecular flexibility index (Phi) is 11.7. The van der Waals surface area contributed by atoms with Crippen molar-refractivity contribution < 1.29 is 41.8 Å². The van der Waals surface area contributed by atoms with Crippen molar-refractivity contribution >= 4 is 71.5 Å². The Labute approximate surface area is 269 Å². The number of amides is 2. The molecule has 1 atom stereocenters. The molecule has 244 valence electrons. The molecule has 1 aromatic carbocycles. The Hall–Kier alpha value is -3.40. The van der Waals surface area contributed by atoms with Crippen molar-refractivity contribution in [2.45, 2.75) is 53.5 Å². The van der Waals surface area contributed by atoms with Crippen LogP contribution < -0.4 is 10.1 Å². The number of nitrogens with one attached hydrogen (secondary N) is 1. The van der Waals surface area contributed by atoms with Crippen molar-refractivity contribution in [3.8, 4) is 0 Å². The first kappa shape index (κ1) is 34.5. The highest BCUT2D eigenvalue weighted by atomic mass is 32.2. The lowest BCUT2D eigenvalue weighted by Crippen LogP contribution is -2.28. The molecule has 4 rings (SSSR count). The number of benzene rings is 1. The highest BCUT2D eigenvalue weighted by Gasteiger charge is 2.30. The highest BCUT2D eigenvalue weighted by molar-refractivity contribution is 7.92. The van der Waals surface area contributed by atoms with E-state index >= 15 is 0 Å². The Bertz CT molecular complexity index is 1770. The minimum absolute atomic E-state index is 0.158. The standard InChI is InChI=1S/C30H37N3O9S3/c1-5-40-13-12-33-21-11-9-19(28(36)41-6-2)15-23(21)44-30(33)32-25(35)17-45(38,39)16-24(34)31-27-26(29(37)42-7-3)20-10-8-18(4)14-22(20)43-27/h9,11,15,18H,5-8,10,12-14,16-17H2,1-4H3,(H,31,34). The number of thiophene rings is 1. The molecule has 2 amide bonds. The van der Waals surface area contributed by atoms with Gasteiger partial charge in [-0.3, -0.25) is 9.59 Å². The summed E-state index contributed by atoms with van der Waals surface area (Å²) in [6.45, 7) is 8.87. The number of esters is 2. The molecule has 1 aliphatic rings. The molecular formula is C30H37N3O9S3. The van der Waals surface area contributed by atoms with Gasteiger partial charge in [-0.2, -0.15) is 4.99 Å². The molecule has 1 N–H and O–H groups in total. The first-order valence-corrected chi connectivity index (χ1v) is 18.2. The second-order valence-corrected chi connectivity index (χ2v) is 14.7. The summed E-state index contributed by atoms with van der Waals surface area (Å²) in [6.07, 6.45) is 2.31. The minimum Gasteiger partial charge on any atom is -0.462 e. The van der Waals surface area contributed by atoms with Crippen LogP contribution in [0.2, 0.25) is 0 Å². The zero-order chi connectivity index (χ0) is 32.7. The van der Waals surface area contributed by atoms with Gasteiger partial charge in [-0.05, 0) is 69.7 Å². The van der Waals surface area contributed by atoms with Crippen molar-refractivity contribution in [2.24, 2.45) is 10.9 Å². The van der Waals surface area contributed by atoms with Gasteiger partial charge in [-0.25, -0.2) is 18.0 Å². The topological polar surface area (TPSA) is 159 Å². The lowest BCUT2D eigenvalue weighted by Gasteiger charge is -2.18. The van der Waals surface area contributed by atoms with Crippen molar-refractivity contribution in [2.75, 3.05) is 43.3 Å². The van der Waals surface area contributed by atoms with Crippen molar-refractivity contribution in [1.29, 1.82) is 0 Å². The van der Waals surface area contributed by atoms with Crippen LogP contribution in [0.25, 0.3) is 10.2 Å². The number of carbonyl (C=O) groups excluding carboxylic acids is 4. The Morgan fingerprint density at radius 2 is 1.76 bits per heavy atom. The lowest BCUT2D eigenvalue weighted by molar-refractivity contribution is -0.115. The molecule has 2 aromatic heterocycles. The molecule has 1 unspecified atom stereocenters. The fourth-order valence-electron chi connectivity index (χ4n) is 5.01. The van der Waals surface area contributed by atoms with Gasteiger partial charge in [-0.15, -0.1) is 11.3 Å². The number of thiazole rings is 1. The summed E-state index contributed by atoms with van der Waals surface area (Å²) in [5.74, 6) is -4.39. The smallest absolute Gasteiger partial charge is 0.341 e. The number of fused-ring (bicyclic) bond motifs is 2. The number of aromatic nitrogens is 1. The van der Waals surface area contributed by atoms with Crippen LogP contribution >= 0.6 is 22.7 Å². The van der Waals surface area contributed by atoms with E-state index in [1.165, 1.54) is 11.3 Å². The molecule has 1 aliphatic carbocycles. The molecule has 0 bridgehead atoms. The molecule has 3 aromatic rings. The van der Waals surface area contributed by atoms with Gasteiger partial charge in [0.1, 0.15) is 16.5 Å². The number of hydrogen-bond acceptors (Lipinski definition) is 11. The van der Waals surface area contributed by atoms with E-state index in [-0.39, 0.29) is 28.6 Å². The quantitative estimate of drug-likeness (QED) is 0.210. The summed E-state index contributed by atoms with van der Waals surface area (Å²) in [5, 5.41) is 2.84. The molecule has 0 spiro atoms. The van der Waals surface area contributed by atoms with Crippen LogP contribution in [-0.4, -0.2) is 74.7 Å². The number of anilines is 1. The molecule has 12 nitrogen and oxygen atoms in total. The van der Waals surface area contributed by atoms with E-state index in [1.807, 2.05) is 6.92 Å². The van der Waals surface area contributed by atoms with Gasteiger partial charge in [-0.1, -0.05) is 18.3 Å². The average molecular weight is 680 g/mol. The van der Waals surface area contributed by atoms with E-state index in [9.17, 15) is 27.6 Å². The molecule has 15 heteroatoms. The van der Waals surface area contributed by atoms with E-state index in [0.717, 1.165) is 34.6 Å². The van der Waals surface area contributed by atoms with Crippen LogP contribution in [0.5, 0.6) is 0 Å². The SMILES string of the molecule is CCOCCn1c(=NC(=O)CS(=O)(=O)CC(=O)Nc2sc3c(c2C(=O)OCC)CCC(C)C3)sc2cc(C(=O)OCC)ccc21. The average Bonchev–Trinajstić information content (AvgIpc) is 3.48. The Morgan fingerprint density at radius 3 is 2.47 bits per heavy atom. The largest absolute Gasteiger partial charge is 0.462 e. The second-order valence-electron chi connectivity index (χ2n) is 10.5. The lowest BCUT2D eigenvalue weighted by atomic mass is 9.88. The molecule has 0 aliphatic heterocycles. The maximum absolute atomic E-state index is 12.9. The predicted octanol–water partition coefficient (Wildman–Crippen LogP) is 3.76. The summed E-state index contributed by atoms with van der Waals surface area (Å²) in [5.41, 5.74) is 2.13. The number of rotatable bonds is 13. The maximum Gasteiger partial charge on any atom is 0.341 e. The predicted molar refractivity (Wildman–Crippen MR) is 172 cm³/mol. The van der Waals surface area contributed by atoms with E-state index < -0.39 is 45.1 Å². The number of carbonyl (C=O) groups is 4. The van der Waals surface area contributed by atoms with E-state index in [4.69, 9.17) is 14.2 Å². The molecule has 45 heavy (non-hydrogen) atoms. The number of ether oxygens (including phenoxy) is 3. The second kappa shape index (κ2) is 15.3. The molecule has 0 fully saturated rings. The third kappa shape index (κ3) is 8.66. The summed E-state index contributed by atoms with van der Waals surface area (Å²) in [7, 11) is -4.22. The zero-order valence-electron chi connectivity index (χ0n) is 25.7. The Balaban J connectivity index is 1.53. The summed E-state index contributed by atoms with van der Waals surface area (Å²) < 4.78 is 44.0. The van der Waals surface area contributed by atoms with Gasteiger partial charge in [0.25, 0.3) is 5.91 Å². The minimum atomic E-state index is -4.22. The number of hydrogen-bond donors (Lipinski definition) is 1. The van der Waals surface area contributed by atoms with Crippen LogP contribution in [0.3, 0.4) is 0 Å². The van der Waals surface area contributed by atoms with Crippen molar-refractivity contribution in [3.63, 3.8) is 0 Å². The van der Waals surface area contributed by atoms with Crippen molar-refractivity contribution in [3.05, 3.63) is 44.6 Å². The molecule has 2 heterocycles. The molecular weight excluding hydrogens is 643 g/mol. The van der Waals surface area contributed by atoms with Gasteiger partial charge in [0, 0.05) is 18.0 Å². The van der Waals surface area contributed by atoms with Gasteiger partial charge in [0.2, 0.25) is 5.91 Å². The third-order valence-electron chi connectivity index (χ3n) is 7.02.